The second-order valence-corrected chi connectivity index (χ2v) is 6.76. The molecule has 5 nitrogen and oxygen atoms in total. The molecule has 3 rings (SSSR count). The lowest BCUT2D eigenvalue weighted by molar-refractivity contribution is 0.0677. The van der Waals surface area contributed by atoms with E-state index in [1.54, 1.807) is 0 Å². The molecule has 2 heterocycles. The summed E-state index contributed by atoms with van der Waals surface area (Å²) in [6.45, 7) is 6.08. The molecule has 2 aliphatic heterocycles. The standard InChI is InChI=1S/C18H27N3O2/c1-19-8-10-20(11-9-19)13-15-4-2-5-16(12-15)18(23)21-7-3-6-17(21)14-22/h2,4-5,12,17,22H,3,6-11,13-14H2,1H3/t17-/m1/s1. The molecular formula is C18H27N3O2. The number of hydrogen-bond donors (Lipinski definition) is 1. The van der Waals surface area contributed by atoms with Gasteiger partial charge < -0.3 is 14.9 Å². The van der Waals surface area contributed by atoms with E-state index in [2.05, 4.69) is 22.9 Å². The minimum Gasteiger partial charge on any atom is -0.394 e. The monoisotopic (exact) mass is 317 g/mol. The van der Waals surface area contributed by atoms with Crippen molar-refractivity contribution in [3.8, 4) is 0 Å². The highest BCUT2D eigenvalue weighted by Gasteiger charge is 2.28. The van der Waals surface area contributed by atoms with E-state index in [4.69, 9.17) is 0 Å². The lowest BCUT2D eigenvalue weighted by Crippen LogP contribution is -2.43. The van der Waals surface area contributed by atoms with Gasteiger partial charge in [-0.3, -0.25) is 9.69 Å². The number of nitrogens with zero attached hydrogens (tertiary/aromatic N) is 3. The molecule has 1 aromatic rings. The van der Waals surface area contributed by atoms with E-state index >= 15 is 0 Å². The SMILES string of the molecule is CN1CCN(Cc2cccc(C(=O)N3CCC[C@@H]3CO)c2)CC1. The van der Waals surface area contributed by atoms with Crippen LogP contribution in [0.2, 0.25) is 0 Å². The van der Waals surface area contributed by atoms with Gasteiger partial charge in [0.1, 0.15) is 0 Å². The van der Waals surface area contributed by atoms with Gasteiger partial charge in [-0.1, -0.05) is 12.1 Å². The second kappa shape index (κ2) is 7.43. The fourth-order valence-corrected chi connectivity index (χ4v) is 3.53. The third-order valence-electron chi connectivity index (χ3n) is 5.02. The van der Waals surface area contributed by atoms with Crippen molar-refractivity contribution in [2.75, 3.05) is 46.4 Å². The Morgan fingerprint density at radius 1 is 1.22 bits per heavy atom. The van der Waals surface area contributed by atoms with Crippen LogP contribution in [0.15, 0.2) is 24.3 Å². The molecule has 0 bridgehead atoms. The van der Waals surface area contributed by atoms with Gasteiger partial charge in [-0.25, -0.2) is 0 Å². The van der Waals surface area contributed by atoms with Gasteiger partial charge in [-0.05, 0) is 37.6 Å². The van der Waals surface area contributed by atoms with E-state index in [9.17, 15) is 9.90 Å². The van der Waals surface area contributed by atoms with Crippen LogP contribution in [0.3, 0.4) is 0 Å². The molecular weight excluding hydrogens is 290 g/mol. The summed E-state index contributed by atoms with van der Waals surface area (Å²) in [5.41, 5.74) is 1.94. The number of hydrogen-bond acceptors (Lipinski definition) is 4. The Bertz CT molecular complexity index is 541. The number of aliphatic hydroxyl groups excluding tert-OH is 1. The van der Waals surface area contributed by atoms with Crippen LogP contribution >= 0.6 is 0 Å². The van der Waals surface area contributed by atoms with E-state index in [-0.39, 0.29) is 18.6 Å². The van der Waals surface area contributed by atoms with Gasteiger partial charge in [-0.15, -0.1) is 0 Å². The molecule has 1 N–H and O–H groups in total. The fourth-order valence-electron chi connectivity index (χ4n) is 3.53. The van der Waals surface area contributed by atoms with Crippen LogP contribution in [0, 0.1) is 0 Å². The summed E-state index contributed by atoms with van der Waals surface area (Å²) < 4.78 is 0. The van der Waals surface area contributed by atoms with Gasteiger partial charge in [0.15, 0.2) is 0 Å². The molecule has 0 aromatic heterocycles. The Balaban J connectivity index is 1.66. The minimum absolute atomic E-state index is 0.0104. The summed E-state index contributed by atoms with van der Waals surface area (Å²) in [7, 11) is 2.16. The van der Waals surface area contributed by atoms with E-state index < -0.39 is 0 Å². The van der Waals surface area contributed by atoms with Gasteiger partial charge in [-0.2, -0.15) is 0 Å². The molecule has 0 aliphatic carbocycles. The van der Waals surface area contributed by atoms with Crippen molar-refractivity contribution in [3.63, 3.8) is 0 Å². The van der Waals surface area contributed by atoms with Crippen molar-refractivity contribution >= 4 is 5.91 Å². The number of piperazine rings is 1. The van der Waals surface area contributed by atoms with Crippen LogP contribution in [0.4, 0.5) is 0 Å². The Kier molecular flexibility index (Phi) is 5.30. The average molecular weight is 317 g/mol. The van der Waals surface area contributed by atoms with E-state index in [1.165, 1.54) is 5.56 Å². The van der Waals surface area contributed by atoms with Crippen molar-refractivity contribution in [2.45, 2.75) is 25.4 Å². The Hall–Kier alpha value is -1.43. The second-order valence-electron chi connectivity index (χ2n) is 6.76. The molecule has 1 atom stereocenters. The summed E-state index contributed by atoms with van der Waals surface area (Å²) in [6.07, 6.45) is 1.89. The van der Waals surface area contributed by atoms with Gasteiger partial charge in [0.2, 0.25) is 0 Å². The summed E-state index contributed by atoms with van der Waals surface area (Å²) in [5.74, 6) is 0.0572. The van der Waals surface area contributed by atoms with Gasteiger partial charge >= 0.3 is 0 Å². The number of likely N-dealkylation sites (N-methyl/N-ethyl adjacent to an activating group) is 1. The Morgan fingerprint density at radius 3 is 2.74 bits per heavy atom. The molecule has 2 fully saturated rings. The number of benzene rings is 1. The maximum absolute atomic E-state index is 12.7. The number of carbonyl (C=O) groups is 1. The number of aliphatic hydroxyl groups is 1. The van der Waals surface area contributed by atoms with Crippen LogP contribution in [-0.2, 0) is 6.54 Å². The van der Waals surface area contributed by atoms with Crippen molar-refractivity contribution in [1.29, 1.82) is 0 Å². The topological polar surface area (TPSA) is 47.0 Å². The van der Waals surface area contributed by atoms with Crippen LogP contribution in [0.25, 0.3) is 0 Å². The molecule has 2 aliphatic rings. The molecule has 23 heavy (non-hydrogen) atoms. The van der Waals surface area contributed by atoms with Crippen molar-refractivity contribution in [2.24, 2.45) is 0 Å². The van der Waals surface area contributed by atoms with Crippen molar-refractivity contribution in [3.05, 3.63) is 35.4 Å². The summed E-state index contributed by atoms with van der Waals surface area (Å²) in [5, 5.41) is 9.42. The Morgan fingerprint density at radius 2 is 2.00 bits per heavy atom. The smallest absolute Gasteiger partial charge is 0.254 e. The Labute approximate surface area is 138 Å². The molecule has 0 unspecified atom stereocenters. The van der Waals surface area contributed by atoms with Crippen molar-refractivity contribution < 1.29 is 9.90 Å². The maximum Gasteiger partial charge on any atom is 0.254 e. The first-order valence-corrected chi connectivity index (χ1v) is 8.59. The summed E-state index contributed by atoms with van der Waals surface area (Å²) in [4.78, 5) is 19.3. The molecule has 126 valence electrons. The van der Waals surface area contributed by atoms with Crippen LogP contribution < -0.4 is 0 Å². The van der Waals surface area contributed by atoms with Crippen LogP contribution in [0.1, 0.15) is 28.8 Å². The van der Waals surface area contributed by atoms with Gasteiger partial charge in [0.25, 0.3) is 5.91 Å². The highest BCUT2D eigenvalue weighted by molar-refractivity contribution is 5.94. The fraction of sp³-hybridized carbons (Fsp3) is 0.611. The lowest BCUT2D eigenvalue weighted by atomic mass is 10.1. The summed E-state index contributed by atoms with van der Waals surface area (Å²) in [6, 6.07) is 7.98. The molecule has 1 aromatic carbocycles. The third kappa shape index (κ3) is 3.91. The predicted octanol–water partition coefficient (Wildman–Crippen LogP) is 1.03. The van der Waals surface area contributed by atoms with E-state index in [1.807, 2.05) is 23.1 Å². The molecule has 5 heteroatoms. The minimum atomic E-state index is -0.0104. The zero-order chi connectivity index (χ0) is 16.2. The number of likely N-dealkylation sites (tertiary alicyclic amines) is 1. The number of carbonyl (C=O) groups excluding carboxylic acids is 1. The predicted molar refractivity (Wildman–Crippen MR) is 90.4 cm³/mol. The third-order valence-corrected chi connectivity index (χ3v) is 5.02. The largest absolute Gasteiger partial charge is 0.394 e. The first-order chi connectivity index (χ1) is 11.2. The highest BCUT2D eigenvalue weighted by atomic mass is 16.3. The zero-order valence-electron chi connectivity index (χ0n) is 13.9. The molecule has 2 saturated heterocycles. The first-order valence-electron chi connectivity index (χ1n) is 8.59. The number of amides is 1. The van der Waals surface area contributed by atoms with Crippen LogP contribution in [0.5, 0.6) is 0 Å². The van der Waals surface area contributed by atoms with Crippen LogP contribution in [-0.4, -0.2) is 78.1 Å². The lowest BCUT2D eigenvalue weighted by Gasteiger charge is -2.32. The van der Waals surface area contributed by atoms with Gasteiger partial charge in [0, 0.05) is 44.8 Å². The quantitative estimate of drug-likeness (QED) is 0.901. The van der Waals surface area contributed by atoms with Gasteiger partial charge in [0.05, 0.1) is 12.6 Å². The average Bonchev–Trinajstić information content (AvgIpc) is 3.05. The zero-order valence-corrected chi connectivity index (χ0v) is 13.9. The molecule has 0 radical (unpaired) electrons. The maximum atomic E-state index is 12.7. The normalized spacial score (nSPS) is 23.4. The molecule has 0 saturated carbocycles. The molecule has 0 spiro atoms. The molecule has 1 amide bonds. The van der Waals surface area contributed by atoms with Crippen molar-refractivity contribution in [1.82, 2.24) is 14.7 Å². The van der Waals surface area contributed by atoms with E-state index in [0.717, 1.165) is 57.7 Å². The number of rotatable bonds is 4. The highest BCUT2D eigenvalue weighted by Crippen LogP contribution is 2.20. The first kappa shape index (κ1) is 16.4. The van der Waals surface area contributed by atoms with E-state index in [0.29, 0.717) is 0 Å². The summed E-state index contributed by atoms with van der Waals surface area (Å²) >= 11 is 0.